The first-order valence-electron chi connectivity index (χ1n) is 8.70. The van der Waals surface area contributed by atoms with Gasteiger partial charge in [-0.25, -0.2) is 4.98 Å². The Labute approximate surface area is 164 Å². The van der Waals surface area contributed by atoms with Crippen molar-refractivity contribution in [1.82, 2.24) is 9.97 Å². The van der Waals surface area contributed by atoms with Gasteiger partial charge in [0.2, 0.25) is 0 Å². The van der Waals surface area contributed by atoms with Gasteiger partial charge in [-0.05, 0) is 59.0 Å². The first-order valence-corrected chi connectivity index (χ1v) is 10.4. The minimum atomic E-state index is -0.00465. The molecule has 1 saturated carbocycles. The highest BCUT2D eigenvalue weighted by Gasteiger charge is 2.28. The second-order valence-corrected chi connectivity index (χ2v) is 8.59. The summed E-state index contributed by atoms with van der Waals surface area (Å²) in [7, 11) is 0. The summed E-state index contributed by atoms with van der Waals surface area (Å²) in [5.74, 6) is 0.685. The molecule has 4 nitrogen and oxygen atoms in total. The summed E-state index contributed by atoms with van der Waals surface area (Å²) >= 11 is 5.15. The molecule has 0 saturated heterocycles. The fourth-order valence-electron chi connectivity index (χ4n) is 3.39. The summed E-state index contributed by atoms with van der Waals surface area (Å²) < 4.78 is 0.813. The topological polar surface area (TPSA) is 46.1 Å². The summed E-state index contributed by atoms with van der Waals surface area (Å²) in [4.78, 5) is 23.6. The zero-order chi connectivity index (χ0) is 17.7. The molecule has 0 spiro atoms. The predicted octanol–water partition coefficient (Wildman–Crippen LogP) is 5.05. The van der Waals surface area contributed by atoms with Crippen LogP contribution in [0.15, 0.2) is 46.5 Å². The maximum absolute atomic E-state index is 12.9. The molecule has 1 aromatic carbocycles. The minimum absolute atomic E-state index is 0.00465. The van der Waals surface area contributed by atoms with Gasteiger partial charge < -0.3 is 4.90 Å². The lowest BCUT2D eigenvalue weighted by molar-refractivity contribution is 0.0989. The molecule has 130 valence electrons. The molecule has 0 unspecified atom stereocenters. The molecule has 2 aliphatic rings. The number of thiazole rings is 1. The van der Waals surface area contributed by atoms with Crippen LogP contribution in [-0.2, 0) is 6.42 Å². The van der Waals surface area contributed by atoms with Crippen molar-refractivity contribution in [2.24, 2.45) is 0 Å². The number of carbonyl (C=O) groups excluding carboxylic acids is 1. The standard InChI is InChI=1S/C20H16BrN3OS/c21-16-8-15(9-22-10-16)20(25)24-6-5-14-7-13(3-4-18(14)24)17-11-26-19(23-17)12-1-2-12/h3-4,7-12H,1-2,5-6H2. The van der Waals surface area contributed by atoms with Crippen molar-refractivity contribution in [2.45, 2.75) is 25.2 Å². The SMILES string of the molecule is O=C(c1cncc(Br)c1)N1CCc2cc(-c3csc(C4CC4)n3)ccc21. The van der Waals surface area contributed by atoms with E-state index in [9.17, 15) is 4.79 Å². The van der Waals surface area contributed by atoms with Crippen LogP contribution in [0.2, 0.25) is 0 Å². The minimum Gasteiger partial charge on any atom is -0.308 e. The van der Waals surface area contributed by atoms with Gasteiger partial charge in [0, 0.05) is 46.0 Å². The summed E-state index contributed by atoms with van der Waals surface area (Å²) in [5, 5.41) is 3.42. The van der Waals surface area contributed by atoms with Gasteiger partial charge in [0.1, 0.15) is 0 Å². The number of benzene rings is 1. The van der Waals surface area contributed by atoms with Crippen LogP contribution >= 0.6 is 27.3 Å². The number of hydrogen-bond donors (Lipinski definition) is 0. The monoisotopic (exact) mass is 425 g/mol. The Morgan fingerprint density at radius 1 is 1.23 bits per heavy atom. The summed E-state index contributed by atoms with van der Waals surface area (Å²) in [5.41, 5.74) is 5.01. The van der Waals surface area contributed by atoms with E-state index in [2.05, 4.69) is 44.5 Å². The zero-order valence-corrected chi connectivity index (χ0v) is 16.4. The number of aromatic nitrogens is 2. The highest BCUT2D eigenvalue weighted by Crippen LogP contribution is 2.43. The summed E-state index contributed by atoms with van der Waals surface area (Å²) in [6.07, 6.45) is 6.73. The van der Waals surface area contributed by atoms with Crippen molar-refractivity contribution < 1.29 is 4.79 Å². The second kappa shape index (κ2) is 6.28. The molecule has 0 atom stereocenters. The highest BCUT2D eigenvalue weighted by atomic mass is 79.9. The van der Waals surface area contributed by atoms with Gasteiger partial charge in [-0.1, -0.05) is 6.07 Å². The lowest BCUT2D eigenvalue weighted by Gasteiger charge is -2.17. The lowest BCUT2D eigenvalue weighted by Crippen LogP contribution is -2.28. The van der Waals surface area contributed by atoms with Crippen LogP contribution in [0.1, 0.15) is 39.7 Å². The zero-order valence-electron chi connectivity index (χ0n) is 14.0. The van der Waals surface area contributed by atoms with E-state index in [4.69, 9.17) is 4.98 Å². The molecule has 1 fully saturated rings. The predicted molar refractivity (Wildman–Crippen MR) is 107 cm³/mol. The molecule has 1 aliphatic heterocycles. The molecule has 6 heteroatoms. The number of fused-ring (bicyclic) bond motifs is 1. The Kier molecular flexibility index (Phi) is 3.90. The van der Waals surface area contributed by atoms with Gasteiger partial charge in [0.25, 0.3) is 5.91 Å². The first-order chi connectivity index (χ1) is 12.7. The van der Waals surface area contributed by atoms with Crippen LogP contribution < -0.4 is 4.90 Å². The Bertz CT molecular complexity index is 1010. The number of nitrogens with zero attached hydrogens (tertiary/aromatic N) is 3. The fourth-order valence-corrected chi connectivity index (χ4v) is 4.76. The molecule has 3 aromatic rings. The third-order valence-corrected chi connectivity index (χ3v) is 6.36. The quantitative estimate of drug-likeness (QED) is 0.589. The van der Waals surface area contributed by atoms with Crippen LogP contribution in [0.25, 0.3) is 11.3 Å². The summed E-state index contributed by atoms with van der Waals surface area (Å²) in [6, 6.07) is 8.14. The van der Waals surface area contributed by atoms with Crippen molar-refractivity contribution in [2.75, 3.05) is 11.4 Å². The molecular formula is C20H16BrN3OS. The third-order valence-electron chi connectivity index (χ3n) is 4.92. The molecule has 0 N–H and O–H groups in total. The van der Waals surface area contributed by atoms with Crippen molar-refractivity contribution in [3.63, 3.8) is 0 Å². The van der Waals surface area contributed by atoms with Gasteiger partial charge in [-0.3, -0.25) is 9.78 Å². The van der Waals surface area contributed by atoms with Gasteiger partial charge in [0.15, 0.2) is 0 Å². The van der Waals surface area contributed by atoms with E-state index in [1.807, 2.05) is 11.0 Å². The third kappa shape index (κ3) is 2.87. The molecule has 3 heterocycles. The number of halogens is 1. The fraction of sp³-hybridized carbons (Fsp3) is 0.250. The Morgan fingerprint density at radius 2 is 2.12 bits per heavy atom. The number of pyridine rings is 1. The van der Waals surface area contributed by atoms with Crippen LogP contribution in [-0.4, -0.2) is 22.4 Å². The van der Waals surface area contributed by atoms with Crippen LogP contribution in [0, 0.1) is 0 Å². The van der Waals surface area contributed by atoms with Crippen molar-refractivity contribution in [1.29, 1.82) is 0 Å². The second-order valence-electron chi connectivity index (χ2n) is 6.79. The lowest BCUT2D eigenvalue weighted by atomic mass is 10.1. The molecule has 1 amide bonds. The van der Waals surface area contributed by atoms with Gasteiger partial charge in [0.05, 0.1) is 16.3 Å². The Hall–Kier alpha value is -2.05. The normalized spacial score (nSPS) is 16.0. The van der Waals surface area contributed by atoms with Gasteiger partial charge in [-0.15, -0.1) is 11.3 Å². The molecule has 1 aliphatic carbocycles. The van der Waals surface area contributed by atoms with Crippen LogP contribution in [0.5, 0.6) is 0 Å². The van der Waals surface area contributed by atoms with Gasteiger partial charge >= 0.3 is 0 Å². The molecule has 0 radical (unpaired) electrons. The number of carbonyl (C=O) groups is 1. The average molecular weight is 426 g/mol. The van der Waals surface area contributed by atoms with Crippen LogP contribution in [0.4, 0.5) is 5.69 Å². The number of anilines is 1. The number of rotatable bonds is 3. The van der Waals surface area contributed by atoms with E-state index in [-0.39, 0.29) is 5.91 Å². The largest absolute Gasteiger partial charge is 0.308 e. The highest BCUT2D eigenvalue weighted by molar-refractivity contribution is 9.10. The number of hydrogen-bond acceptors (Lipinski definition) is 4. The van der Waals surface area contributed by atoms with Crippen molar-refractivity contribution in [3.8, 4) is 11.3 Å². The van der Waals surface area contributed by atoms with E-state index in [1.165, 1.54) is 23.4 Å². The maximum atomic E-state index is 12.9. The first kappa shape index (κ1) is 16.1. The Balaban J connectivity index is 1.43. The Morgan fingerprint density at radius 3 is 2.92 bits per heavy atom. The van der Waals surface area contributed by atoms with Crippen molar-refractivity contribution >= 4 is 38.9 Å². The molecule has 5 rings (SSSR count). The van der Waals surface area contributed by atoms with Crippen molar-refractivity contribution in [3.05, 3.63) is 62.6 Å². The van der Waals surface area contributed by atoms with E-state index in [1.54, 1.807) is 23.7 Å². The van der Waals surface area contributed by atoms with E-state index in [0.717, 1.165) is 27.8 Å². The molecule has 0 bridgehead atoms. The van der Waals surface area contributed by atoms with E-state index in [0.29, 0.717) is 18.0 Å². The average Bonchev–Trinajstić information content (AvgIpc) is 3.23. The smallest absolute Gasteiger partial charge is 0.259 e. The molecule has 26 heavy (non-hydrogen) atoms. The maximum Gasteiger partial charge on any atom is 0.259 e. The molecule has 2 aromatic heterocycles. The van der Waals surface area contributed by atoms with E-state index < -0.39 is 0 Å². The molecular weight excluding hydrogens is 410 g/mol. The van der Waals surface area contributed by atoms with E-state index >= 15 is 0 Å². The number of amides is 1. The van der Waals surface area contributed by atoms with Gasteiger partial charge in [-0.2, -0.15) is 0 Å². The van der Waals surface area contributed by atoms with Crippen LogP contribution in [0.3, 0.4) is 0 Å². The summed E-state index contributed by atoms with van der Waals surface area (Å²) in [6.45, 7) is 0.703.